The summed E-state index contributed by atoms with van der Waals surface area (Å²) in [5.41, 5.74) is 2.78. The number of halogens is 1. The number of morpholine rings is 1. The van der Waals surface area contributed by atoms with Crippen LogP contribution in [0.15, 0.2) is 22.7 Å². The lowest BCUT2D eigenvalue weighted by Gasteiger charge is -2.30. The average molecular weight is 325 g/mol. The van der Waals surface area contributed by atoms with E-state index in [0.29, 0.717) is 0 Å². The summed E-state index contributed by atoms with van der Waals surface area (Å²) in [6.45, 7) is 5.95. The summed E-state index contributed by atoms with van der Waals surface area (Å²) in [6, 6.07) is 6.90. The SMILES string of the molecule is Brc1cc(C2CCNCC2)ccc1N1CCOCC1. The van der Waals surface area contributed by atoms with Crippen LogP contribution in [0.2, 0.25) is 0 Å². The maximum atomic E-state index is 5.42. The molecule has 2 saturated heterocycles. The summed E-state index contributed by atoms with van der Waals surface area (Å²) >= 11 is 3.75. The van der Waals surface area contributed by atoms with Crippen LogP contribution in [0, 0.1) is 0 Å². The molecule has 1 aromatic carbocycles. The number of nitrogens with one attached hydrogen (secondary N) is 1. The molecule has 2 aliphatic rings. The maximum Gasteiger partial charge on any atom is 0.0642 e. The molecule has 3 nitrogen and oxygen atoms in total. The number of hydrogen-bond acceptors (Lipinski definition) is 3. The predicted octanol–water partition coefficient (Wildman–Crippen LogP) is 2.75. The summed E-state index contributed by atoms with van der Waals surface area (Å²) in [6.07, 6.45) is 2.51. The topological polar surface area (TPSA) is 24.5 Å². The average Bonchev–Trinajstić information content (AvgIpc) is 2.49. The second kappa shape index (κ2) is 6.25. The number of rotatable bonds is 2. The quantitative estimate of drug-likeness (QED) is 0.905. The summed E-state index contributed by atoms with van der Waals surface area (Å²) in [5.74, 6) is 0.719. The normalized spacial score (nSPS) is 21.6. The van der Waals surface area contributed by atoms with Gasteiger partial charge in [-0.3, -0.25) is 0 Å². The molecule has 1 aromatic rings. The van der Waals surface area contributed by atoms with Crippen molar-refractivity contribution in [2.75, 3.05) is 44.3 Å². The summed E-state index contributed by atoms with van der Waals surface area (Å²) in [7, 11) is 0. The first-order chi connectivity index (χ1) is 9.34. The number of anilines is 1. The van der Waals surface area contributed by atoms with Crippen molar-refractivity contribution in [2.24, 2.45) is 0 Å². The number of piperidine rings is 1. The van der Waals surface area contributed by atoms with E-state index in [1.54, 1.807) is 0 Å². The Kier molecular flexibility index (Phi) is 4.41. The molecule has 2 heterocycles. The van der Waals surface area contributed by atoms with E-state index in [-0.39, 0.29) is 0 Å². The third-order valence-corrected chi connectivity index (χ3v) is 4.77. The molecule has 2 fully saturated rings. The van der Waals surface area contributed by atoms with E-state index in [4.69, 9.17) is 4.74 Å². The molecule has 3 rings (SSSR count). The van der Waals surface area contributed by atoms with Crippen molar-refractivity contribution in [3.05, 3.63) is 28.2 Å². The standard InChI is InChI=1S/C15H21BrN2O/c16-14-11-13(12-3-5-17-6-4-12)1-2-15(14)18-7-9-19-10-8-18/h1-2,11-12,17H,3-10H2. The van der Waals surface area contributed by atoms with Crippen LogP contribution in [-0.2, 0) is 4.74 Å². The molecular weight excluding hydrogens is 304 g/mol. The van der Waals surface area contributed by atoms with Crippen molar-refractivity contribution in [3.63, 3.8) is 0 Å². The van der Waals surface area contributed by atoms with Crippen LogP contribution in [0.1, 0.15) is 24.3 Å². The van der Waals surface area contributed by atoms with E-state index < -0.39 is 0 Å². The molecule has 0 saturated carbocycles. The van der Waals surface area contributed by atoms with Gasteiger partial charge in [-0.15, -0.1) is 0 Å². The molecule has 2 aliphatic heterocycles. The van der Waals surface area contributed by atoms with Gasteiger partial charge >= 0.3 is 0 Å². The third-order valence-electron chi connectivity index (χ3n) is 4.13. The zero-order chi connectivity index (χ0) is 13.1. The predicted molar refractivity (Wildman–Crippen MR) is 82.0 cm³/mol. The highest BCUT2D eigenvalue weighted by molar-refractivity contribution is 9.10. The summed E-state index contributed by atoms with van der Waals surface area (Å²) < 4.78 is 6.64. The van der Waals surface area contributed by atoms with Crippen LogP contribution in [-0.4, -0.2) is 39.4 Å². The van der Waals surface area contributed by atoms with Gasteiger partial charge in [0.1, 0.15) is 0 Å². The van der Waals surface area contributed by atoms with Crippen molar-refractivity contribution in [2.45, 2.75) is 18.8 Å². The molecule has 0 unspecified atom stereocenters. The fraction of sp³-hybridized carbons (Fsp3) is 0.600. The Balaban J connectivity index is 1.76. The van der Waals surface area contributed by atoms with Crippen LogP contribution < -0.4 is 10.2 Å². The second-order valence-corrected chi connectivity index (χ2v) is 6.19. The molecule has 0 spiro atoms. The van der Waals surface area contributed by atoms with Gasteiger partial charge in [0.05, 0.1) is 18.9 Å². The molecule has 104 valence electrons. The fourth-order valence-corrected chi connectivity index (χ4v) is 3.64. The zero-order valence-electron chi connectivity index (χ0n) is 11.2. The van der Waals surface area contributed by atoms with Gasteiger partial charge in [-0.1, -0.05) is 6.07 Å². The number of ether oxygens (including phenoxy) is 1. The summed E-state index contributed by atoms with van der Waals surface area (Å²) in [4.78, 5) is 2.40. The first-order valence-electron chi connectivity index (χ1n) is 7.17. The Morgan fingerprint density at radius 3 is 2.58 bits per heavy atom. The van der Waals surface area contributed by atoms with Gasteiger partial charge in [0, 0.05) is 17.6 Å². The third kappa shape index (κ3) is 3.12. The Morgan fingerprint density at radius 2 is 1.89 bits per heavy atom. The first-order valence-corrected chi connectivity index (χ1v) is 7.97. The van der Waals surface area contributed by atoms with Gasteiger partial charge in [0.25, 0.3) is 0 Å². The second-order valence-electron chi connectivity index (χ2n) is 5.33. The van der Waals surface area contributed by atoms with E-state index in [1.165, 1.54) is 28.6 Å². The van der Waals surface area contributed by atoms with Gasteiger partial charge in [0.15, 0.2) is 0 Å². The molecular formula is C15H21BrN2O. The zero-order valence-corrected chi connectivity index (χ0v) is 12.8. The minimum Gasteiger partial charge on any atom is -0.378 e. The largest absolute Gasteiger partial charge is 0.378 e. The van der Waals surface area contributed by atoms with E-state index >= 15 is 0 Å². The molecule has 0 radical (unpaired) electrons. The summed E-state index contributed by atoms with van der Waals surface area (Å²) in [5, 5.41) is 3.43. The minimum atomic E-state index is 0.719. The van der Waals surface area contributed by atoms with E-state index in [2.05, 4.69) is 44.3 Å². The van der Waals surface area contributed by atoms with Crippen molar-refractivity contribution in [1.82, 2.24) is 5.32 Å². The van der Waals surface area contributed by atoms with Gasteiger partial charge in [-0.05, 0) is 65.5 Å². The highest BCUT2D eigenvalue weighted by Gasteiger charge is 2.18. The van der Waals surface area contributed by atoms with Gasteiger partial charge in [-0.25, -0.2) is 0 Å². The van der Waals surface area contributed by atoms with Crippen LogP contribution in [0.3, 0.4) is 0 Å². The Hall–Kier alpha value is -0.580. The first kappa shape index (κ1) is 13.4. The van der Waals surface area contributed by atoms with E-state index in [1.807, 2.05) is 0 Å². The maximum absolute atomic E-state index is 5.42. The molecule has 1 N–H and O–H groups in total. The number of hydrogen-bond donors (Lipinski definition) is 1. The minimum absolute atomic E-state index is 0.719. The van der Waals surface area contributed by atoms with Crippen molar-refractivity contribution >= 4 is 21.6 Å². The lowest BCUT2D eigenvalue weighted by atomic mass is 9.90. The molecule has 0 aromatic heterocycles. The van der Waals surface area contributed by atoms with Crippen LogP contribution >= 0.6 is 15.9 Å². The highest BCUT2D eigenvalue weighted by atomic mass is 79.9. The van der Waals surface area contributed by atoms with Gasteiger partial charge in [0.2, 0.25) is 0 Å². The Labute approximate surface area is 123 Å². The van der Waals surface area contributed by atoms with Crippen molar-refractivity contribution in [3.8, 4) is 0 Å². The van der Waals surface area contributed by atoms with Crippen molar-refractivity contribution in [1.29, 1.82) is 0 Å². The van der Waals surface area contributed by atoms with Gasteiger partial charge < -0.3 is 15.0 Å². The molecule has 0 atom stereocenters. The molecule has 0 amide bonds. The molecule has 0 bridgehead atoms. The highest BCUT2D eigenvalue weighted by Crippen LogP contribution is 2.33. The molecule has 0 aliphatic carbocycles. The van der Waals surface area contributed by atoms with Crippen molar-refractivity contribution < 1.29 is 4.74 Å². The fourth-order valence-electron chi connectivity index (χ4n) is 2.99. The van der Waals surface area contributed by atoms with E-state index in [9.17, 15) is 0 Å². The van der Waals surface area contributed by atoms with Crippen LogP contribution in [0.25, 0.3) is 0 Å². The number of benzene rings is 1. The number of nitrogens with zero attached hydrogens (tertiary/aromatic N) is 1. The monoisotopic (exact) mass is 324 g/mol. The van der Waals surface area contributed by atoms with Crippen LogP contribution in [0.4, 0.5) is 5.69 Å². The lowest BCUT2D eigenvalue weighted by molar-refractivity contribution is 0.122. The van der Waals surface area contributed by atoms with Crippen LogP contribution in [0.5, 0.6) is 0 Å². The molecule has 4 heteroatoms. The smallest absolute Gasteiger partial charge is 0.0642 e. The van der Waals surface area contributed by atoms with E-state index in [0.717, 1.165) is 45.3 Å². The van der Waals surface area contributed by atoms with Gasteiger partial charge in [-0.2, -0.15) is 0 Å². The Morgan fingerprint density at radius 1 is 1.16 bits per heavy atom. The lowest BCUT2D eigenvalue weighted by Crippen LogP contribution is -2.36. The molecule has 19 heavy (non-hydrogen) atoms. The Bertz CT molecular complexity index is 426.